The van der Waals surface area contributed by atoms with E-state index in [2.05, 4.69) is 36.8 Å². The molecule has 5 rings (SSSR count). The summed E-state index contributed by atoms with van der Waals surface area (Å²) < 4.78 is 5.26. The number of carbonyl (C=O) groups is 1. The molecule has 0 aromatic carbocycles. The summed E-state index contributed by atoms with van der Waals surface area (Å²) in [6, 6.07) is 3.85. The Morgan fingerprint density at radius 1 is 1.21 bits per heavy atom. The Morgan fingerprint density at radius 3 is 2.76 bits per heavy atom. The molecule has 178 valence electrons. The number of aryl methyl sites for hydroxylation is 4. The van der Waals surface area contributed by atoms with E-state index < -0.39 is 0 Å². The number of nitrogens with zero attached hydrogens (tertiary/aromatic N) is 8. The second-order valence-electron chi connectivity index (χ2n) is 9.25. The van der Waals surface area contributed by atoms with Crippen LogP contribution in [0.1, 0.15) is 48.5 Å². The second kappa shape index (κ2) is 8.30. The van der Waals surface area contributed by atoms with Gasteiger partial charge in [-0.15, -0.1) is 10.2 Å². The standard InChI is InChI=1S/C23H29N9O2/c1-13(18-11-19(34-5)26-15(3)25-18)22(33)32-9-8-23(12-32)7-6-16-10-17(14(2)24-20(16)27-23)21-28-30-31(4)29-21/h10-11,13H,6-9,12H2,1-5H3,(H,24,27)/t13-,23+/m1/s1. The van der Waals surface area contributed by atoms with E-state index in [0.29, 0.717) is 36.3 Å². The molecule has 5 heterocycles. The molecule has 1 fully saturated rings. The van der Waals surface area contributed by atoms with E-state index in [1.807, 2.05) is 18.7 Å². The largest absolute Gasteiger partial charge is 0.481 e. The number of nitrogens with one attached hydrogen (secondary N) is 1. The van der Waals surface area contributed by atoms with Crippen molar-refractivity contribution in [2.24, 2.45) is 7.05 Å². The number of hydrogen-bond acceptors (Lipinski definition) is 9. The lowest BCUT2D eigenvalue weighted by atomic mass is 9.86. The van der Waals surface area contributed by atoms with Gasteiger partial charge in [0, 0.05) is 24.7 Å². The fourth-order valence-corrected chi connectivity index (χ4v) is 4.91. The van der Waals surface area contributed by atoms with Crippen molar-refractivity contribution in [2.45, 2.75) is 51.5 Å². The molecule has 11 heteroatoms. The van der Waals surface area contributed by atoms with Crippen molar-refractivity contribution in [1.82, 2.24) is 40.1 Å². The normalized spacial score (nSPS) is 20.2. The summed E-state index contributed by atoms with van der Waals surface area (Å²) in [6.07, 6.45) is 2.69. The number of tetrazole rings is 1. The van der Waals surface area contributed by atoms with Crippen LogP contribution in [0.5, 0.6) is 5.88 Å². The van der Waals surface area contributed by atoms with Crippen LogP contribution in [0.15, 0.2) is 12.1 Å². The van der Waals surface area contributed by atoms with Gasteiger partial charge in [0.15, 0.2) is 0 Å². The second-order valence-corrected chi connectivity index (χ2v) is 9.25. The van der Waals surface area contributed by atoms with Crippen molar-refractivity contribution in [2.75, 3.05) is 25.5 Å². The topological polar surface area (TPSA) is 124 Å². The minimum absolute atomic E-state index is 0.0674. The molecule has 1 spiro atoms. The van der Waals surface area contributed by atoms with Crippen molar-refractivity contribution in [3.8, 4) is 17.3 Å². The number of hydrogen-bond donors (Lipinski definition) is 1. The van der Waals surface area contributed by atoms with Crippen LogP contribution in [0.25, 0.3) is 11.4 Å². The summed E-state index contributed by atoms with van der Waals surface area (Å²) >= 11 is 0. The SMILES string of the molecule is COc1cc([C@@H](C)C(=O)N2CC[C@@]3(CCc4cc(-c5nnn(C)n5)c(C)nc4N3)C2)nc(C)n1. The van der Waals surface area contributed by atoms with Crippen LogP contribution in [-0.2, 0) is 18.3 Å². The van der Waals surface area contributed by atoms with Crippen LogP contribution in [-0.4, -0.2) is 71.7 Å². The molecule has 2 atom stereocenters. The third-order valence-electron chi connectivity index (χ3n) is 6.82. The van der Waals surface area contributed by atoms with E-state index in [-0.39, 0.29) is 17.4 Å². The molecule has 1 amide bonds. The molecule has 2 aliphatic rings. The summed E-state index contributed by atoms with van der Waals surface area (Å²) in [5.74, 6) is 2.23. The van der Waals surface area contributed by atoms with Gasteiger partial charge in [0.25, 0.3) is 0 Å². The van der Waals surface area contributed by atoms with Crippen molar-refractivity contribution in [3.63, 3.8) is 0 Å². The molecule has 0 radical (unpaired) electrons. The molecule has 34 heavy (non-hydrogen) atoms. The highest BCUT2D eigenvalue weighted by Crippen LogP contribution is 2.38. The van der Waals surface area contributed by atoms with Crippen molar-refractivity contribution >= 4 is 11.7 Å². The number of likely N-dealkylation sites (tertiary alicyclic amines) is 1. The van der Waals surface area contributed by atoms with E-state index in [1.54, 1.807) is 27.1 Å². The first-order valence-corrected chi connectivity index (χ1v) is 11.5. The minimum atomic E-state index is -0.371. The third-order valence-corrected chi connectivity index (χ3v) is 6.82. The maximum atomic E-state index is 13.3. The predicted octanol–water partition coefficient (Wildman–Crippen LogP) is 1.82. The average molecular weight is 464 g/mol. The molecule has 3 aromatic heterocycles. The van der Waals surface area contributed by atoms with Gasteiger partial charge in [-0.05, 0) is 56.9 Å². The maximum Gasteiger partial charge on any atom is 0.231 e. The molecule has 3 aromatic rings. The van der Waals surface area contributed by atoms with Gasteiger partial charge in [-0.25, -0.2) is 9.97 Å². The fourth-order valence-electron chi connectivity index (χ4n) is 4.91. The van der Waals surface area contributed by atoms with Crippen LogP contribution in [0.4, 0.5) is 5.82 Å². The van der Waals surface area contributed by atoms with E-state index in [0.717, 1.165) is 41.9 Å². The van der Waals surface area contributed by atoms with Gasteiger partial charge in [0.05, 0.1) is 37.0 Å². The molecule has 2 aliphatic heterocycles. The molecule has 0 aliphatic carbocycles. The van der Waals surface area contributed by atoms with E-state index in [9.17, 15) is 4.79 Å². The molecule has 0 bridgehead atoms. The number of aromatic nitrogens is 7. The summed E-state index contributed by atoms with van der Waals surface area (Å²) in [6.45, 7) is 7.00. The third kappa shape index (κ3) is 3.95. The predicted molar refractivity (Wildman–Crippen MR) is 124 cm³/mol. The number of ether oxygens (including phenoxy) is 1. The van der Waals surface area contributed by atoms with Crippen LogP contribution < -0.4 is 10.1 Å². The highest BCUT2D eigenvalue weighted by Gasteiger charge is 2.43. The Morgan fingerprint density at radius 2 is 2.03 bits per heavy atom. The van der Waals surface area contributed by atoms with Crippen LogP contribution >= 0.6 is 0 Å². The van der Waals surface area contributed by atoms with Gasteiger partial charge in [-0.3, -0.25) is 4.79 Å². The number of fused-ring (bicyclic) bond motifs is 1. The summed E-state index contributed by atoms with van der Waals surface area (Å²) in [5.41, 5.74) is 3.40. The summed E-state index contributed by atoms with van der Waals surface area (Å²) in [4.78, 5) is 30.3. The number of anilines is 1. The quantitative estimate of drug-likeness (QED) is 0.617. The molecule has 1 saturated heterocycles. The smallest absolute Gasteiger partial charge is 0.231 e. The lowest BCUT2D eigenvalue weighted by Crippen LogP contribution is -2.46. The number of rotatable bonds is 4. The summed E-state index contributed by atoms with van der Waals surface area (Å²) in [7, 11) is 3.32. The Bertz CT molecular complexity index is 1260. The number of carbonyl (C=O) groups excluding carboxylic acids is 1. The molecular formula is C23H29N9O2. The maximum absolute atomic E-state index is 13.3. The molecular weight excluding hydrogens is 434 g/mol. The van der Waals surface area contributed by atoms with Crippen LogP contribution in [0, 0.1) is 13.8 Å². The van der Waals surface area contributed by atoms with E-state index in [1.165, 1.54) is 4.80 Å². The Kier molecular flexibility index (Phi) is 5.41. The monoisotopic (exact) mass is 463 g/mol. The molecule has 0 saturated carbocycles. The van der Waals surface area contributed by atoms with Gasteiger partial charge >= 0.3 is 0 Å². The molecule has 0 unspecified atom stereocenters. The first kappa shape index (κ1) is 22.2. The van der Waals surface area contributed by atoms with E-state index in [4.69, 9.17) is 9.72 Å². The zero-order valence-corrected chi connectivity index (χ0v) is 20.2. The van der Waals surface area contributed by atoms with Gasteiger partial charge in [0.2, 0.25) is 17.6 Å². The van der Waals surface area contributed by atoms with Gasteiger partial charge in [-0.2, -0.15) is 9.78 Å². The Hall–Kier alpha value is -3.63. The molecule has 11 nitrogen and oxygen atoms in total. The first-order valence-electron chi connectivity index (χ1n) is 11.5. The number of pyridine rings is 1. The Labute approximate surface area is 198 Å². The highest BCUT2D eigenvalue weighted by molar-refractivity contribution is 5.83. The molecule has 1 N–H and O–H groups in total. The van der Waals surface area contributed by atoms with Crippen LogP contribution in [0.2, 0.25) is 0 Å². The summed E-state index contributed by atoms with van der Waals surface area (Å²) in [5, 5.41) is 16.1. The van der Waals surface area contributed by atoms with Gasteiger partial charge in [0.1, 0.15) is 11.6 Å². The number of amides is 1. The van der Waals surface area contributed by atoms with Crippen molar-refractivity contribution in [1.29, 1.82) is 0 Å². The zero-order valence-electron chi connectivity index (χ0n) is 20.2. The first-order chi connectivity index (χ1) is 16.3. The highest BCUT2D eigenvalue weighted by atomic mass is 16.5. The zero-order chi connectivity index (χ0) is 24.0. The minimum Gasteiger partial charge on any atom is -0.481 e. The average Bonchev–Trinajstić information content (AvgIpc) is 3.43. The Balaban J connectivity index is 1.32. The number of methoxy groups -OCH3 is 1. The van der Waals surface area contributed by atoms with Crippen molar-refractivity contribution < 1.29 is 9.53 Å². The fraction of sp³-hybridized carbons (Fsp3) is 0.522. The van der Waals surface area contributed by atoms with Gasteiger partial charge < -0.3 is 15.0 Å². The lowest BCUT2D eigenvalue weighted by molar-refractivity contribution is -0.131. The van der Waals surface area contributed by atoms with Gasteiger partial charge in [-0.1, -0.05) is 0 Å². The van der Waals surface area contributed by atoms with Crippen LogP contribution in [0.3, 0.4) is 0 Å². The lowest BCUT2D eigenvalue weighted by Gasteiger charge is -2.36. The van der Waals surface area contributed by atoms with Crippen molar-refractivity contribution in [3.05, 3.63) is 34.9 Å². The van der Waals surface area contributed by atoms with E-state index >= 15 is 0 Å².